The first kappa shape index (κ1) is 18.0. The van der Waals surface area contributed by atoms with Crippen LogP contribution in [0.4, 0.5) is 0 Å². The van der Waals surface area contributed by atoms with Crippen molar-refractivity contribution in [3.63, 3.8) is 0 Å². The van der Waals surface area contributed by atoms with Gasteiger partial charge in [-0.05, 0) is 17.7 Å². The summed E-state index contributed by atoms with van der Waals surface area (Å²) in [4.78, 5) is 42.2. The number of carbonyl (C=O) groups excluding carboxylic acids is 2. The highest BCUT2D eigenvalue weighted by molar-refractivity contribution is 8.04. The van der Waals surface area contributed by atoms with E-state index in [0.29, 0.717) is 37.1 Å². The number of carbonyl (C=O) groups is 2. The second kappa shape index (κ2) is 6.47. The van der Waals surface area contributed by atoms with Gasteiger partial charge in [0.05, 0.1) is 27.8 Å². The number of aromatic hydroxyl groups is 1. The molecule has 2 heterocycles. The number of benzene rings is 2. The highest BCUT2D eigenvalue weighted by Crippen LogP contribution is 2.52. The van der Waals surface area contributed by atoms with Gasteiger partial charge in [-0.15, -0.1) is 0 Å². The molecule has 0 amide bonds. The smallest absolute Gasteiger partial charge is 0.305 e. The zero-order valence-corrected chi connectivity index (χ0v) is 16.6. The maximum atomic E-state index is 13.4. The molecular weight excluding hydrogens is 410 g/mol. The predicted molar refractivity (Wildman–Crippen MR) is 109 cm³/mol. The second-order valence-corrected chi connectivity index (χ2v) is 8.66. The van der Waals surface area contributed by atoms with Crippen molar-refractivity contribution >= 4 is 34.7 Å². The van der Waals surface area contributed by atoms with Gasteiger partial charge in [0.15, 0.2) is 17.3 Å². The maximum Gasteiger partial charge on any atom is 0.305 e. The predicted octanol–water partition coefficient (Wildman–Crippen LogP) is 3.72. The Labute approximate surface area is 172 Å². The molecule has 144 valence electrons. The Kier molecular flexibility index (Phi) is 4.01. The third-order valence-electron chi connectivity index (χ3n) is 5.05. The van der Waals surface area contributed by atoms with Crippen molar-refractivity contribution < 1.29 is 19.4 Å². The number of Topliss-reactive ketones (excluding diaryl/α,β-unsaturated/α-hetero) is 2. The van der Waals surface area contributed by atoms with E-state index in [0.717, 1.165) is 23.1 Å². The molecule has 1 aromatic heterocycles. The number of phenolic OH excluding ortho intramolecular Hbond substituents is 1. The number of hydrogen-bond acceptors (Lipinski definition) is 7. The molecule has 29 heavy (non-hydrogen) atoms. The van der Waals surface area contributed by atoms with Gasteiger partial charge in [0.25, 0.3) is 0 Å². The summed E-state index contributed by atoms with van der Waals surface area (Å²) in [5.74, 6) is -0.846. The van der Waals surface area contributed by atoms with Crippen molar-refractivity contribution in [2.75, 3.05) is 7.11 Å². The van der Waals surface area contributed by atoms with Crippen molar-refractivity contribution in [1.29, 1.82) is 0 Å². The number of ether oxygens (including phenoxy) is 1. The van der Waals surface area contributed by atoms with Crippen LogP contribution in [0.1, 0.15) is 37.1 Å². The van der Waals surface area contributed by atoms with E-state index in [1.807, 2.05) is 0 Å². The lowest BCUT2D eigenvalue weighted by atomic mass is 9.79. The Balaban J connectivity index is 1.79. The summed E-state index contributed by atoms with van der Waals surface area (Å²) in [6.07, 6.45) is 0. The van der Waals surface area contributed by atoms with Crippen LogP contribution >= 0.6 is 23.1 Å². The van der Waals surface area contributed by atoms with E-state index in [2.05, 4.69) is 4.98 Å². The van der Waals surface area contributed by atoms with Gasteiger partial charge >= 0.3 is 4.87 Å². The van der Waals surface area contributed by atoms with E-state index in [1.165, 1.54) is 13.2 Å². The van der Waals surface area contributed by atoms with Gasteiger partial charge < -0.3 is 14.8 Å². The molecule has 0 spiro atoms. The number of thiazole rings is 1. The lowest BCUT2D eigenvalue weighted by molar-refractivity contribution is 0.0977. The number of H-pyrrole nitrogens is 1. The minimum Gasteiger partial charge on any atom is -0.504 e. The molecule has 2 aliphatic rings. The molecule has 0 fully saturated rings. The van der Waals surface area contributed by atoms with E-state index in [4.69, 9.17) is 4.74 Å². The number of allylic oxidation sites excluding steroid dienone is 2. The van der Waals surface area contributed by atoms with E-state index in [9.17, 15) is 19.5 Å². The highest BCUT2D eigenvalue weighted by atomic mass is 32.2. The number of nitrogens with one attached hydrogen (secondary N) is 1. The molecule has 1 atom stereocenters. The summed E-state index contributed by atoms with van der Waals surface area (Å²) < 4.78 is 5.22. The molecule has 1 aliphatic carbocycles. The van der Waals surface area contributed by atoms with Gasteiger partial charge in [-0.2, -0.15) is 0 Å². The third-order valence-corrected chi connectivity index (χ3v) is 7.26. The molecule has 0 bridgehead atoms. The van der Waals surface area contributed by atoms with E-state index >= 15 is 0 Å². The molecule has 1 aliphatic heterocycles. The molecule has 6 nitrogen and oxygen atoms in total. The van der Waals surface area contributed by atoms with E-state index < -0.39 is 5.92 Å². The Morgan fingerprint density at radius 1 is 1.03 bits per heavy atom. The topological polar surface area (TPSA) is 96.5 Å². The number of hydrogen-bond donors (Lipinski definition) is 2. The fraction of sp³-hybridized carbons (Fsp3) is 0.0952. The van der Waals surface area contributed by atoms with E-state index in [1.54, 1.807) is 36.4 Å². The van der Waals surface area contributed by atoms with Gasteiger partial charge in [0.1, 0.15) is 0 Å². The monoisotopic (exact) mass is 423 g/mol. The van der Waals surface area contributed by atoms with Gasteiger partial charge in [0, 0.05) is 16.7 Å². The fourth-order valence-electron chi connectivity index (χ4n) is 3.75. The van der Waals surface area contributed by atoms with Crippen LogP contribution in [0.3, 0.4) is 0 Å². The summed E-state index contributed by atoms with van der Waals surface area (Å²) in [6.45, 7) is 0. The lowest BCUT2D eigenvalue weighted by Gasteiger charge is -2.30. The largest absolute Gasteiger partial charge is 0.504 e. The van der Waals surface area contributed by atoms with Gasteiger partial charge in [-0.1, -0.05) is 53.4 Å². The first-order valence-electron chi connectivity index (χ1n) is 8.70. The Bertz CT molecular complexity index is 1300. The fourth-order valence-corrected chi connectivity index (χ4v) is 6.02. The van der Waals surface area contributed by atoms with Gasteiger partial charge in [0.2, 0.25) is 5.78 Å². The van der Waals surface area contributed by atoms with Crippen LogP contribution in [-0.4, -0.2) is 28.8 Å². The number of thioether (sulfide) groups is 1. The molecule has 3 aromatic rings. The van der Waals surface area contributed by atoms with Crippen LogP contribution < -0.4 is 9.61 Å². The molecular formula is C21H13NO5S2. The third kappa shape index (κ3) is 2.60. The Morgan fingerprint density at radius 2 is 1.76 bits per heavy atom. The van der Waals surface area contributed by atoms with Crippen molar-refractivity contribution in [3.8, 4) is 11.5 Å². The zero-order chi connectivity index (χ0) is 20.3. The number of rotatable bonds is 2. The number of methoxy groups -OCH3 is 1. The van der Waals surface area contributed by atoms with Crippen molar-refractivity contribution in [1.82, 2.24) is 4.98 Å². The molecule has 2 aromatic carbocycles. The minimum atomic E-state index is -0.607. The molecule has 0 unspecified atom stereocenters. The average molecular weight is 423 g/mol. The number of fused-ring (bicyclic) bond motifs is 2. The summed E-state index contributed by atoms with van der Waals surface area (Å²) in [7, 11) is 1.44. The van der Waals surface area contributed by atoms with Crippen LogP contribution in [-0.2, 0) is 0 Å². The molecule has 2 N–H and O–H groups in total. The van der Waals surface area contributed by atoms with Crippen molar-refractivity contribution in [3.05, 3.63) is 84.2 Å². The quantitative estimate of drug-likeness (QED) is 0.652. The van der Waals surface area contributed by atoms with E-state index in [-0.39, 0.29) is 27.9 Å². The van der Waals surface area contributed by atoms with Crippen LogP contribution in [0.2, 0.25) is 0 Å². The molecule has 5 rings (SSSR count). The second-order valence-electron chi connectivity index (χ2n) is 6.62. The SMILES string of the molecule is COc1cc([C@@H]2C3=C(Sc4[nH]c(=O)sc42)C(=O)c2ccccc2C3=O)ccc1O. The van der Waals surface area contributed by atoms with Crippen molar-refractivity contribution in [2.45, 2.75) is 10.9 Å². The zero-order valence-electron chi connectivity index (χ0n) is 15.0. The van der Waals surface area contributed by atoms with Crippen LogP contribution in [0.5, 0.6) is 11.5 Å². The number of aromatic nitrogens is 1. The minimum absolute atomic E-state index is 0.0329. The first-order chi connectivity index (χ1) is 14.0. The van der Waals surface area contributed by atoms with Crippen LogP contribution in [0.15, 0.2) is 62.8 Å². The molecule has 0 radical (unpaired) electrons. The molecule has 0 saturated carbocycles. The van der Waals surface area contributed by atoms with Crippen molar-refractivity contribution in [2.24, 2.45) is 0 Å². The summed E-state index contributed by atoms with van der Waals surface area (Å²) >= 11 is 2.15. The maximum absolute atomic E-state index is 13.4. The summed E-state index contributed by atoms with van der Waals surface area (Å²) in [6, 6.07) is 11.5. The molecule has 0 saturated heterocycles. The van der Waals surface area contributed by atoms with Crippen LogP contribution in [0, 0.1) is 0 Å². The average Bonchev–Trinajstić information content (AvgIpc) is 3.11. The Hall–Kier alpha value is -3.10. The number of phenols is 1. The highest BCUT2D eigenvalue weighted by Gasteiger charge is 2.43. The summed E-state index contributed by atoms with van der Waals surface area (Å²) in [5, 5.41) is 10.5. The number of aromatic amines is 1. The first-order valence-corrected chi connectivity index (χ1v) is 10.3. The lowest BCUT2D eigenvalue weighted by Crippen LogP contribution is -2.27. The standard InChI is InChI=1S/C21H13NO5S2/c1-27-13-8-9(6-7-12(13)23)14-15-16(24)10-4-2-3-5-11(10)17(25)18(15)28-20-19(14)29-21(26)22-20/h2-8,14,23H,1H3,(H,22,26)/t14-/m1/s1. The van der Waals surface area contributed by atoms with Crippen LogP contribution in [0.25, 0.3) is 0 Å². The molecule has 8 heteroatoms. The number of ketones is 2. The normalized spacial score (nSPS) is 17.6. The van der Waals surface area contributed by atoms with Gasteiger partial charge in [-0.25, -0.2) is 0 Å². The van der Waals surface area contributed by atoms with Gasteiger partial charge in [-0.3, -0.25) is 14.4 Å². The Morgan fingerprint density at radius 3 is 2.48 bits per heavy atom. The summed E-state index contributed by atoms with van der Waals surface area (Å²) in [5.41, 5.74) is 1.74.